The first-order chi connectivity index (χ1) is 17.6. The highest BCUT2D eigenvalue weighted by atomic mass is 16.6. The Balaban J connectivity index is 1.09. The summed E-state index contributed by atoms with van der Waals surface area (Å²) < 4.78 is 5.82. The Morgan fingerprint density at radius 1 is 0.750 bits per heavy atom. The minimum absolute atomic E-state index is 0.0474. The number of benzene rings is 4. The summed E-state index contributed by atoms with van der Waals surface area (Å²) in [5.41, 5.74) is 7.09. The molecule has 0 bridgehead atoms. The van der Waals surface area contributed by atoms with Gasteiger partial charge in [0.2, 0.25) is 0 Å². The molecule has 2 aliphatic rings. The Kier molecular flexibility index (Phi) is 5.82. The first kappa shape index (κ1) is 22.6. The second kappa shape index (κ2) is 9.29. The zero-order valence-corrected chi connectivity index (χ0v) is 20.1. The highest BCUT2D eigenvalue weighted by molar-refractivity contribution is 5.79. The molecule has 1 saturated heterocycles. The van der Waals surface area contributed by atoms with Crippen LogP contribution < -0.4 is 0 Å². The molecule has 0 saturated carbocycles. The normalized spacial score (nSPS) is 16.3. The van der Waals surface area contributed by atoms with E-state index in [1.54, 1.807) is 4.90 Å². The van der Waals surface area contributed by atoms with Gasteiger partial charge in [0.1, 0.15) is 6.61 Å². The van der Waals surface area contributed by atoms with Crippen LogP contribution in [0.2, 0.25) is 0 Å². The van der Waals surface area contributed by atoms with Gasteiger partial charge in [-0.1, -0.05) is 103 Å². The van der Waals surface area contributed by atoms with E-state index in [-0.39, 0.29) is 12.0 Å². The van der Waals surface area contributed by atoms with Crippen LogP contribution in [0.25, 0.3) is 22.3 Å². The smallest absolute Gasteiger partial charge is 0.409 e. The van der Waals surface area contributed by atoms with Crippen molar-refractivity contribution in [2.45, 2.75) is 24.4 Å². The average Bonchev–Trinajstić information content (AvgIpc) is 3.26. The van der Waals surface area contributed by atoms with Crippen LogP contribution in [0, 0.1) is 0 Å². The molecule has 180 valence electrons. The third kappa shape index (κ3) is 4.08. The minimum atomic E-state index is -0.935. The zero-order valence-electron chi connectivity index (χ0n) is 20.1. The predicted molar refractivity (Wildman–Crippen MR) is 142 cm³/mol. The summed E-state index contributed by atoms with van der Waals surface area (Å²) in [7, 11) is 0. The van der Waals surface area contributed by atoms with Gasteiger partial charge in [0.05, 0.1) is 5.60 Å². The van der Waals surface area contributed by atoms with Gasteiger partial charge in [0, 0.05) is 19.0 Å². The van der Waals surface area contributed by atoms with E-state index < -0.39 is 5.60 Å². The summed E-state index contributed by atoms with van der Waals surface area (Å²) in [6, 6.07) is 35.0. The summed E-state index contributed by atoms with van der Waals surface area (Å²) in [5.74, 6) is 0.0474. The van der Waals surface area contributed by atoms with Crippen LogP contribution in [-0.4, -0.2) is 35.8 Å². The van der Waals surface area contributed by atoms with E-state index in [0.29, 0.717) is 32.5 Å². The number of fused-ring (bicyclic) bond motifs is 3. The lowest BCUT2D eigenvalue weighted by molar-refractivity contribution is -0.0249. The molecule has 4 nitrogen and oxygen atoms in total. The third-order valence-electron chi connectivity index (χ3n) is 7.71. The van der Waals surface area contributed by atoms with Crippen LogP contribution in [-0.2, 0) is 10.3 Å². The van der Waals surface area contributed by atoms with Crippen molar-refractivity contribution in [2.75, 3.05) is 19.7 Å². The molecular formula is C32H29NO3. The fourth-order valence-corrected chi connectivity index (χ4v) is 5.64. The SMILES string of the molecule is O=C(OCC1c2ccccc2-c2ccccc21)N1CCC(O)(c2ccc(-c3ccccc3)cc2)CC1. The third-order valence-corrected chi connectivity index (χ3v) is 7.71. The molecule has 4 aromatic rings. The Bertz CT molecular complexity index is 1330. The molecule has 0 aromatic heterocycles. The van der Waals surface area contributed by atoms with Crippen LogP contribution in [0.5, 0.6) is 0 Å². The number of carbonyl (C=O) groups is 1. The van der Waals surface area contributed by atoms with E-state index in [9.17, 15) is 9.90 Å². The summed E-state index contributed by atoms with van der Waals surface area (Å²) >= 11 is 0. The van der Waals surface area contributed by atoms with E-state index in [1.165, 1.54) is 22.3 Å². The second-order valence-corrected chi connectivity index (χ2v) is 9.77. The van der Waals surface area contributed by atoms with Gasteiger partial charge >= 0.3 is 6.09 Å². The van der Waals surface area contributed by atoms with Gasteiger partial charge in [-0.15, -0.1) is 0 Å². The van der Waals surface area contributed by atoms with E-state index in [0.717, 1.165) is 16.7 Å². The molecule has 1 aliphatic carbocycles. The van der Waals surface area contributed by atoms with Crippen molar-refractivity contribution in [2.24, 2.45) is 0 Å². The lowest BCUT2D eigenvalue weighted by Gasteiger charge is -2.38. The van der Waals surface area contributed by atoms with Crippen LogP contribution >= 0.6 is 0 Å². The molecule has 0 spiro atoms. The van der Waals surface area contributed by atoms with Crippen molar-refractivity contribution in [3.63, 3.8) is 0 Å². The van der Waals surface area contributed by atoms with Crippen molar-refractivity contribution in [1.29, 1.82) is 0 Å². The Hall–Kier alpha value is -3.89. The van der Waals surface area contributed by atoms with Gasteiger partial charge in [-0.3, -0.25) is 0 Å². The summed E-state index contributed by atoms with van der Waals surface area (Å²) in [4.78, 5) is 14.7. The molecular weight excluding hydrogens is 446 g/mol. The topological polar surface area (TPSA) is 49.8 Å². The van der Waals surface area contributed by atoms with Crippen LogP contribution in [0.4, 0.5) is 4.79 Å². The predicted octanol–water partition coefficient (Wildman–Crippen LogP) is 6.59. The Morgan fingerprint density at radius 2 is 1.28 bits per heavy atom. The van der Waals surface area contributed by atoms with Gasteiger partial charge in [-0.25, -0.2) is 4.79 Å². The molecule has 6 rings (SSSR count). The zero-order chi connectivity index (χ0) is 24.5. The number of carbonyl (C=O) groups excluding carboxylic acids is 1. The molecule has 0 unspecified atom stereocenters. The number of nitrogens with zero attached hydrogens (tertiary/aromatic N) is 1. The number of hydrogen-bond donors (Lipinski definition) is 1. The van der Waals surface area contributed by atoms with E-state index >= 15 is 0 Å². The summed E-state index contributed by atoms with van der Waals surface area (Å²) in [5, 5.41) is 11.3. The molecule has 1 heterocycles. The quantitative estimate of drug-likeness (QED) is 0.362. The lowest BCUT2D eigenvalue weighted by Crippen LogP contribution is -2.45. The Morgan fingerprint density at radius 3 is 1.89 bits per heavy atom. The van der Waals surface area contributed by atoms with Gasteiger partial charge in [-0.2, -0.15) is 0 Å². The maximum atomic E-state index is 12.9. The highest BCUT2D eigenvalue weighted by Crippen LogP contribution is 2.44. The monoisotopic (exact) mass is 475 g/mol. The first-order valence-corrected chi connectivity index (χ1v) is 12.6. The van der Waals surface area contributed by atoms with Crippen molar-refractivity contribution in [3.05, 3.63) is 120 Å². The van der Waals surface area contributed by atoms with Crippen molar-refractivity contribution in [1.82, 2.24) is 4.90 Å². The minimum Gasteiger partial charge on any atom is -0.448 e. The summed E-state index contributed by atoms with van der Waals surface area (Å²) in [6.45, 7) is 1.25. The number of piperidine rings is 1. The van der Waals surface area contributed by atoms with Gasteiger partial charge in [-0.05, 0) is 51.8 Å². The highest BCUT2D eigenvalue weighted by Gasteiger charge is 2.36. The molecule has 36 heavy (non-hydrogen) atoms. The maximum absolute atomic E-state index is 12.9. The molecule has 0 atom stereocenters. The van der Waals surface area contributed by atoms with E-state index in [1.807, 2.05) is 54.6 Å². The number of hydrogen-bond acceptors (Lipinski definition) is 3. The fourth-order valence-electron chi connectivity index (χ4n) is 5.64. The standard InChI is InChI=1S/C32H29NO3/c34-31(36-22-30-28-12-6-4-10-26(28)27-11-5-7-13-29(27)30)33-20-18-32(35,19-21-33)25-16-14-24(15-17-25)23-8-2-1-3-9-23/h1-17,30,35H,18-22H2. The number of ether oxygens (including phenoxy) is 1. The number of amides is 1. The molecule has 1 amide bonds. The number of aliphatic hydroxyl groups is 1. The maximum Gasteiger partial charge on any atom is 0.409 e. The first-order valence-electron chi connectivity index (χ1n) is 12.6. The molecule has 1 aliphatic heterocycles. The Labute approximate surface area is 211 Å². The molecule has 1 N–H and O–H groups in total. The van der Waals surface area contributed by atoms with Crippen LogP contribution in [0.3, 0.4) is 0 Å². The number of likely N-dealkylation sites (tertiary alicyclic amines) is 1. The van der Waals surface area contributed by atoms with Crippen molar-refractivity contribution in [3.8, 4) is 22.3 Å². The van der Waals surface area contributed by atoms with Crippen molar-refractivity contribution < 1.29 is 14.6 Å². The van der Waals surface area contributed by atoms with Crippen LogP contribution in [0.1, 0.15) is 35.4 Å². The van der Waals surface area contributed by atoms with E-state index in [4.69, 9.17) is 4.74 Å². The average molecular weight is 476 g/mol. The summed E-state index contributed by atoms with van der Waals surface area (Å²) in [6.07, 6.45) is 0.669. The van der Waals surface area contributed by atoms with Crippen molar-refractivity contribution >= 4 is 6.09 Å². The van der Waals surface area contributed by atoms with E-state index in [2.05, 4.69) is 48.5 Å². The van der Waals surface area contributed by atoms with Crippen LogP contribution in [0.15, 0.2) is 103 Å². The molecule has 4 aromatic carbocycles. The lowest BCUT2D eigenvalue weighted by atomic mass is 9.84. The second-order valence-electron chi connectivity index (χ2n) is 9.77. The fraction of sp³-hybridized carbons (Fsp3) is 0.219. The largest absolute Gasteiger partial charge is 0.448 e. The van der Waals surface area contributed by atoms with Gasteiger partial charge in [0.25, 0.3) is 0 Å². The van der Waals surface area contributed by atoms with Gasteiger partial charge in [0.15, 0.2) is 0 Å². The molecule has 1 fully saturated rings. The van der Waals surface area contributed by atoms with Gasteiger partial charge < -0.3 is 14.7 Å². The number of rotatable bonds is 4. The molecule has 0 radical (unpaired) electrons. The molecule has 4 heteroatoms.